The number of amides is 4. The molecular weight excluding hydrogens is 788 g/mol. The topological polar surface area (TPSA) is 157 Å². The summed E-state index contributed by atoms with van der Waals surface area (Å²) in [5.74, 6) is -8.61. The number of nitrogens with one attached hydrogen (secondary N) is 1. The number of phenolic OH excluding ortho intramolecular Hbond substituents is 1. The molecule has 1 aromatic heterocycles. The summed E-state index contributed by atoms with van der Waals surface area (Å²) in [7, 11) is 0. The maximum atomic E-state index is 15.2. The van der Waals surface area contributed by atoms with E-state index in [0.717, 1.165) is 0 Å². The molecule has 0 unspecified atom stereocenters. The SMILES string of the molecule is O=C(O)CCCCCN1C(=O)[C@H]2[C@H](CC=C3[C@H]2C[C@H]2C(=O)N(Nc4ncc(C(F)(F)F)cc4Cl)C(=O)[C@@]2(c2ccc(Cl)cc2)[C@H]3c2ccc(O)cc2Cl)C1=O. The van der Waals surface area contributed by atoms with Crippen molar-refractivity contribution in [3.63, 3.8) is 0 Å². The van der Waals surface area contributed by atoms with Gasteiger partial charge in [-0.25, -0.2) is 4.98 Å². The van der Waals surface area contributed by atoms with Crippen molar-refractivity contribution in [3.05, 3.63) is 98.1 Å². The van der Waals surface area contributed by atoms with Crippen LogP contribution in [0.4, 0.5) is 19.0 Å². The van der Waals surface area contributed by atoms with Gasteiger partial charge >= 0.3 is 12.1 Å². The van der Waals surface area contributed by atoms with Gasteiger partial charge in [0.1, 0.15) is 5.75 Å². The van der Waals surface area contributed by atoms with Gasteiger partial charge in [0.05, 0.1) is 33.8 Å². The first kappa shape index (κ1) is 38.6. The number of unbranched alkanes of at least 4 members (excludes halogenated alkanes) is 2. The lowest BCUT2D eigenvalue weighted by atomic mass is 9.49. The number of alkyl halides is 3. The normalized spacial score (nSPS) is 26.1. The molecule has 3 fully saturated rings. The van der Waals surface area contributed by atoms with Gasteiger partial charge in [0, 0.05) is 35.1 Å². The third-order valence-electron chi connectivity index (χ3n) is 11.2. The number of benzene rings is 2. The monoisotopic (exact) mass is 818 g/mol. The van der Waals surface area contributed by atoms with Gasteiger partial charge in [-0.05, 0) is 73.1 Å². The van der Waals surface area contributed by atoms with Crippen LogP contribution >= 0.6 is 34.8 Å². The Morgan fingerprint density at radius 3 is 2.31 bits per heavy atom. The van der Waals surface area contributed by atoms with Gasteiger partial charge in [0.25, 0.3) is 11.8 Å². The van der Waals surface area contributed by atoms with E-state index in [9.17, 15) is 37.5 Å². The summed E-state index contributed by atoms with van der Waals surface area (Å²) in [6, 6.07) is 11.1. The third kappa shape index (κ3) is 6.51. The van der Waals surface area contributed by atoms with E-state index in [0.29, 0.717) is 58.3 Å². The zero-order valence-electron chi connectivity index (χ0n) is 28.7. The molecule has 2 saturated heterocycles. The fraction of sp³-hybridized carbons (Fsp3) is 0.368. The van der Waals surface area contributed by atoms with Crippen LogP contribution in [0.1, 0.15) is 61.1 Å². The predicted molar refractivity (Wildman–Crippen MR) is 193 cm³/mol. The Morgan fingerprint density at radius 2 is 1.65 bits per heavy atom. The van der Waals surface area contributed by atoms with E-state index in [2.05, 4.69) is 10.4 Å². The number of phenols is 1. The molecule has 11 nitrogen and oxygen atoms in total. The van der Waals surface area contributed by atoms with Crippen LogP contribution in [-0.2, 0) is 35.6 Å². The van der Waals surface area contributed by atoms with Crippen molar-refractivity contribution in [2.45, 2.75) is 56.0 Å². The first-order chi connectivity index (χ1) is 26.0. The molecule has 0 spiro atoms. The Labute approximate surface area is 327 Å². The van der Waals surface area contributed by atoms with Gasteiger partial charge in [-0.3, -0.25) is 34.3 Å². The maximum absolute atomic E-state index is 15.2. The minimum Gasteiger partial charge on any atom is -0.508 e. The highest BCUT2D eigenvalue weighted by Crippen LogP contribution is 2.65. The number of aliphatic carboxylic acids is 1. The highest BCUT2D eigenvalue weighted by Gasteiger charge is 2.70. The van der Waals surface area contributed by atoms with Crippen LogP contribution in [0.5, 0.6) is 5.75 Å². The zero-order chi connectivity index (χ0) is 39.6. The molecule has 2 aliphatic carbocycles. The van der Waals surface area contributed by atoms with E-state index in [1.54, 1.807) is 24.3 Å². The Balaban J connectivity index is 1.35. The fourth-order valence-corrected chi connectivity index (χ4v) is 9.50. The number of pyridine rings is 1. The number of aromatic nitrogens is 1. The molecule has 3 aromatic rings. The molecule has 7 rings (SSSR count). The number of hydrogen-bond donors (Lipinski definition) is 3. The van der Waals surface area contributed by atoms with E-state index in [1.165, 1.54) is 23.1 Å². The number of allylic oxidation sites excluding steroid dienone is 2. The number of carbonyl (C=O) groups is 5. The number of fused-ring (bicyclic) bond motifs is 4. The van der Waals surface area contributed by atoms with Crippen LogP contribution in [0.25, 0.3) is 0 Å². The molecular formula is C38H32Cl3F3N4O7. The zero-order valence-corrected chi connectivity index (χ0v) is 30.9. The second kappa shape index (κ2) is 14.4. The van der Waals surface area contributed by atoms with Crippen LogP contribution in [0.15, 0.2) is 66.4 Å². The van der Waals surface area contributed by atoms with Crippen molar-refractivity contribution in [1.29, 1.82) is 0 Å². The molecule has 4 aliphatic rings. The van der Waals surface area contributed by atoms with E-state index >= 15 is 4.79 Å². The minimum absolute atomic E-state index is 0.0414. The Bertz CT molecular complexity index is 2150. The molecule has 4 amide bonds. The number of likely N-dealkylation sites (tertiary alicyclic amines) is 1. The molecule has 3 N–H and O–H groups in total. The van der Waals surface area contributed by atoms with Crippen LogP contribution in [0, 0.1) is 23.7 Å². The highest BCUT2D eigenvalue weighted by atomic mass is 35.5. The molecule has 55 heavy (non-hydrogen) atoms. The third-order valence-corrected chi connectivity index (χ3v) is 12.1. The summed E-state index contributed by atoms with van der Waals surface area (Å²) in [4.78, 5) is 73.9. The van der Waals surface area contributed by atoms with Crippen molar-refractivity contribution >= 4 is 70.2 Å². The first-order valence-corrected chi connectivity index (χ1v) is 18.6. The second-order valence-electron chi connectivity index (χ2n) is 14.2. The van der Waals surface area contributed by atoms with Gasteiger partial charge in [-0.1, -0.05) is 71.1 Å². The number of carbonyl (C=O) groups excluding carboxylic acids is 4. The highest BCUT2D eigenvalue weighted by molar-refractivity contribution is 6.33. The smallest absolute Gasteiger partial charge is 0.417 e. The fourth-order valence-electron chi connectivity index (χ4n) is 8.89. The number of anilines is 1. The first-order valence-electron chi connectivity index (χ1n) is 17.4. The number of hydrazine groups is 1. The largest absolute Gasteiger partial charge is 0.508 e. The summed E-state index contributed by atoms with van der Waals surface area (Å²) < 4.78 is 40.3. The summed E-state index contributed by atoms with van der Waals surface area (Å²) >= 11 is 19.4. The summed E-state index contributed by atoms with van der Waals surface area (Å²) in [5.41, 5.74) is 0.909. The van der Waals surface area contributed by atoms with Gasteiger partial charge in [0.2, 0.25) is 11.8 Å². The lowest BCUT2D eigenvalue weighted by Crippen LogP contribution is -2.53. The van der Waals surface area contributed by atoms with Crippen LogP contribution in [0.2, 0.25) is 15.1 Å². The number of carboxylic acid groups (broad SMARTS) is 1. The number of hydrogen-bond acceptors (Lipinski definition) is 8. The van der Waals surface area contributed by atoms with Gasteiger partial charge in [0.15, 0.2) is 5.82 Å². The molecule has 17 heteroatoms. The van der Waals surface area contributed by atoms with Gasteiger partial charge < -0.3 is 10.2 Å². The van der Waals surface area contributed by atoms with Crippen molar-refractivity contribution in [2.24, 2.45) is 23.7 Å². The molecule has 1 saturated carbocycles. The second-order valence-corrected chi connectivity index (χ2v) is 15.4. The molecule has 2 aromatic carbocycles. The number of nitrogens with zero attached hydrogens (tertiary/aromatic N) is 3. The van der Waals surface area contributed by atoms with Crippen LogP contribution in [0.3, 0.4) is 0 Å². The average molecular weight is 820 g/mol. The van der Waals surface area contributed by atoms with Crippen molar-refractivity contribution in [3.8, 4) is 5.75 Å². The average Bonchev–Trinajstić information content (AvgIpc) is 3.49. The molecule has 0 bridgehead atoms. The number of rotatable bonds is 10. The molecule has 0 radical (unpaired) electrons. The molecule has 288 valence electrons. The standard InChI is InChI=1S/C38H32Cl3F3N4O7/c39-20-7-5-18(6-8-20)37-26(34(53)48(36(37)55)46-32-28(41)14-19(17-45-32)38(42,43)44)16-25-22(31(37)23-10-9-21(49)15-27(23)40)11-12-24-30(25)35(54)47(33(24)52)13-3-1-2-4-29(50)51/h5-11,14-15,17,24-26,30-31,49H,1-4,12-13,16H2,(H,45,46)(H,50,51)/t24-,25+,26-,30-,31+,37+/m0/s1. The maximum Gasteiger partial charge on any atom is 0.417 e. The number of carboxylic acids is 1. The van der Waals surface area contributed by atoms with E-state index in [1.807, 2.05) is 6.08 Å². The summed E-state index contributed by atoms with van der Waals surface area (Å²) in [6.45, 7) is 0.0910. The summed E-state index contributed by atoms with van der Waals surface area (Å²) in [6.07, 6.45) is -1.16. The van der Waals surface area contributed by atoms with Crippen molar-refractivity contribution < 1.29 is 47.4 Å². The number of aromatic hydroxyl groups is 1. The molecule has 2 aliphatic heterocycles. The Kier molecular flexibility index (Phi) is 10.1. The summed E-state index contributed by atoms with van der Waals surface area (Å²) in [5, 5.41) is 19.9. The quantitative estimate of drug-likeness (QED) is 0.108. The molecule has 6 atom stereocenters. The molecule has 3 heterocycles. The van der Waals surface area contributed by atoms with E-state index in [4.69, 9.17) is 39.9 Å². The Morgan fingerprint density at radius 1 is 0.927 bits per heavy atom. The number of halogens is 6. The lowest BCUT2D eigenvalue weighted by molar-refractivity contribution is -0.141. The van der Waals surface area contributed by atoms with E-state index in [-0.39, 0.29) is 42.5 Å². The van der Waals surface area contributed by atoms with Crippen molar-refractivity contribution in [1.82, 2.24) is 14.9 Å². The van der Waals surface area contributed by atoms with Crippen molar-refractivity contribution in [2.75, 3.05) is 12.0 Å². The minimum atomic E-state index is -4.77. The predicted octanol–water partition coefficient (Wildman–Crippen LogP) is 7.40. The van der Waals surface area contributed by atoms with Gasteiger partial charge in [-0.15, -0.1) is 0 Å². The van der Waals surface area contributed by atoms with Crippen LogP contribution < -0.4 is 5.43 Å². The van der Waals surface area contributed by atoms with Crippen LogP contribution in [-0.4, -0.2) is 61.2 Å². The Hall–Kier alpha value is -4.66. The number of imide groups is 2. The lowest BCUT2D eigenvalue weighted by Gasteiger charge is -2.50. The van der Waals surface area contributed by atoms with E-state index < -0.39 is 81.3 Å². The van der Waals surface area contributed by atoms with Gasteiger partial charge in [-0.2, -0.15) is 18.2 Å².